The molecule has 2 aromatic rings. The van der Waals surface area contributed by atoms with Gasteiger partial charge in [-0.25, -0.2) is 12.8 Å². The van der Waals surface area contributed by atoms with Gasteiger partial charge in [-0.2, -0.15) is 0 Å². The number of sulfone groups is 1. The molecule has 26 heavy (non-hydrogen) atoms. The monoisotopic (exact) mass is 382 g/mol. The number of carbonyl (C=O) groups is 2. The number of hydrogen-bond acceptors (Lipinski definition) is 5. The van der Waals surface area contributed by atoms with Crippen LogP contribution >= 0.6 is 0 Å². The zero-order valence-corrected chi connectivity index (χ0v) is 14.9. The summed E-state index contributed by atoms with van der Waals surface area (Å²) in [5.74, 6) is -2.25. The van der Waals surface area contributed by atoms with Gasteiger partial charge in [0.25, 0.3) is 0 Å². The van der Waals surface area contributed by atoms with Crippen molar-refractivity contribution in [3.8, 4) is 0 Å². The molecule has 0 spiro atoms. The second-order valence-electron chi connectivity index (χ2n) is 5.47. The minimum Gasteiger partial charge on any atom is -0.468 e. The van der Waals surface area contributed by atoms with E-state index in [1.54, 1.807) is 0 Å². The van der Waals surface area contributed by atoms with Gasteiger partial charge in [0.05, 0.1) is 11.2 Å². The summed E-state index contributed by atoms with van der Waals surface area (Å²) in [7, 11) is -3.99. The summed E-state index contributed by atoms with van der Waals surface area (Å²) >= 11 is 0. The molecule has 0 bridgehead atoms. The minimum atomic E-state index is -3.99. The van der Waals surface area contributed by atoms with Gasteiger partial charge in [-0.1, -0.05) is 6.92 Å². The van der Waals surface area contributed by atoms with E-state index in [1.165, 1.54) is 18.4 Å². The Balaban J connectivity index is 2.21. The Morgan fingerprint density at radius 3 is 2.35 bits per heavy atom. The summed E-state index contributed by atoms with van der Waals surface area (Å²) in [6, 6.07) is 7.30. The lowest BCUT2D eigenvalue weighted by molar-refractivity contribution is -0.139. The Labute approximate surface area is 150 Å². The predicted molar refractivity (Wildman–Crippen MR) is 91.3 cm³/mol. The van der Waals surface area contributed by atoms with Gasteiger partial charge in [0.2, 0.25) is 0 Å². The van der Waals surface area contributed by atoms with Crippen molar-refractivity contribution in [2.75, 3.05) is 13.1 Å². The van der Waals surface area contributed by atoms with Crippen molar-refractivity contribution in [1.82, 2.24) is 10.6 Å². The molecule has 0 saturated heterocycles. The van der Waals surface area contributed by atoms with E-state index in [-0.39, 0.29) is 17.2 Å². The average molecular weight is 382 g/mol. The van der Waals surface area contributed by atoms with Gasteiger partial charge in [-0.15, -0.1) is 0 Å². The zero-order valence-electron chi connectivity index (χ0n) is 14.1. The molecule has 1 aromatic carbocycles. The van der Waals surface area contributed by atoms with E-state index in [1.807, 2.05) is 6.92 Å². The van der Waals surface area contributed by atoms with Gasteiger partial charge in [0.1, 0.15) is 16.8 Å². The van der Waals surface area contributed by atoms with Crippen molar-refractivity contribution in [2.24, 2.45) is 0 Å². The first-order chi connectivity index (χ1) is 12.4. The fourth-order valence-electron chi connectivity index (χ4n) is 2.21. The fraction of sp³-hybridized carbons (Fsp3) is 0.294. The number of furan rings is 1. The Kier molecular flexibility index (Phi) is 6.51. The van der Waals surface area contributed by atoms with Crippen molar-refractivity contribution in [1.29, 1.82) is 0 Å². The van der Waals surface area contributed by atoms with Crippen molar-refractivity contribution in [3.05, 3.63) is 54.2 Å². The van der Waals surface area contributed by atoms with Crippen LogP contribution in [0.1, 0.15) is 24.4 Å². The van der Waals surface area contributed by atoms with Crippen LogP contribution in [0.3, 0.4) is 0 Å². The molecule has 2 rings (SSSR count). The molecule has 0 fully saturated rings. The third-order valence-corrected chi connectivity index (χ3v) is 5.64. The van der Waals surface area contributed by atoms with Crippen LogP contribution in [0.15, 0.2) is 52.0 Å². The molecule has 0 saturated carbocycles. The Hall–Kier alpha value is -2.68. The summed E-state index contributed by atoms with van der Waals surface area (Å²) in [4.78, 5) is 23.3. The standard InChI is InChI=1S/C17H19FN2O5S/c1-2-9-19-16(21)17(22)20-11-15(14-4-3-10-25-14)26(23,24)13-7-5-12(18)6-8-13/h3-8,10,15H,2,9,11H2,1H3,(H,19,21)(H,20,22). The van der Waals surface area contributed by atoms with E-state index in [0.717, 1.165) is 24.3 Å². The molecule has 1 heterocycles. The summed E-state index contributed by atoms with van der Waals surface area (Å²) < 4.78 is 44.0. The number of hydrogen-bond donors (Lipinski definition) is 2. The molecule has 0 aliphatic heterocycles. The van der Waals surface area contributed by atoms with Gasteiger partial charge in [-0.05, 0) is 42.8 Å². The van der Waals surface area contributed by atoms with E-state index in [4.69, 9.17) is 4.42 Å². The molecule has 1 unspecified atom stereocenters. The maximum absolute atomic E-state index is 13.1. The van der Waals surface area contributed by atoms with Crippen molar-refractivity contribution < 1.29 is 26.8 Å². The van der Waals surface area contributed by atoms with E-state index >= 15 is 0 Å². The normalized spacial score (nSPS) is 12.4. The van der Waals surface area contributed by atoms with Gasteiger partial charge in [-0.3, -0.25) is 9.59 Å². The minimum absolute atomic E-state index is 0.101. The first-order valence-corrected chi connectivity index (χ1v) is 9.49. The van der Waals surface area contributed by atoms with E-state index < -0.39 is 32.7 Å². The summed E-state index contributed by atoms with van der Waals surface area (Å²) in [5, 5.41) is 3.45. The van der Waals surface area contributed by atoms with Crippen LogP contribution in [0, 0.1) is 5.82 Å². The van der Waals surface area contributed by atoms with Gasteiger partial charge < -0.3 is 15.1 Å². The number of nitrogens with one attached hydrogen (secondary N) is 2. The Bertz CT molecular complexity index is 848. The van der Waals surface area contributed by atoms with Crippen molar-refractivity contribution >= 4 is 21.7 Å². The molecule has 140 valence electrons. The third-order valence-electron chi connectivity index (χ3n) is 3.57. The topological polar surface area (TPSA) is 105 Å². The van der Waals surface area contributed by atoms with E-state index in [0.29, 0.717) is 13.0 Å². The number of amides is 2. The Morgan fingerprint density at radius 1 is 1.12 bits per heavy atom. The quantitative estimate of drug-likeness (QED) is 0.559. The van der Waals surface area contributed by atoms with Crippen LogP contribution in [0.5, 0.6) is 0 Å². The smallest absolute Gasteiger partial charge is 0.309 e. The maximum Gasteiger partial charge on any atom is 0.309 e. The van der Waals surface area contributed by atoms with Crippen LogP contribution in [-0.4, -0.2) is 33.3 Å². The first-order valence-electron chi connectivity index (χ1n) is 7.95. The van der Waals surface area contributed by atoms with E-state index in [2.05, 4.69) is 10.6 Å². The molecule has 1 aromatic heterocycles. The van der Waals surface area contributed by atoms with Gasteiger partial charge in [0.15, 0.2) is 9.84 Å². The average Bonchev–Trinajstić information content (AvgIpc) is 3.14. The highest BCUT2D eigenvalue weighted by Crippen LogP contribution is 2.29. The zero-order chi connectivity index (χ0) is 19.2. The molecular formula is C17H19FN2O5S. The molecular weight excluding hydrogens is 363 g/mol. The van der Waals surface area contributed by atoms with Gasteiger partial charge in [0, 0.05) is 13.1 Å². The van der Waals surface area contributed by atoms with Crippen LogP contribution in [-0.2, 0) is 19.4 Å². The molecule has 7 nitrogen and oxygen atoms in total. The molecule has 0 aliphatic carbocycles. The highest BCUT2D eigenvalue weighted by molar-refractivity contribution is 7.91. The molecule has 0 aliphatic rings. The van der Waals surface area contributed by atoms with Crippen molar-refractivity contribution in [3.63, 3.8) is 0 Å². The number of halogens is 1. The Morgan fingerprint density at radius 2 is 1.77 bits per heavy atom. The molecule has 2 N–H and O–H groups in total. The van der Waals surface area contributed by atoms with Crippen molar-refractivity contribution in [2.45, 2.75) is 23.5 Å². The van der Waals surface area contributed by atoms with Gasteiger partial charge >= 0.3 is 11.8 Å². The van der Waals surface area contributed by atoms with Crippen LogP contribution in [0.25, 0.3) is 0 Å². The maximum atomic E-state index is 13.1. The van der Waals surface area contributed by atoms with E-state index in [9.17, 15) is 22.4 Å². The molecule has 1 atom stereocenters. The lowest BCUT2D eigenvalue weighted by Gasteiger charge is -2.16. The number of carbonyl (C=O) groups excluding carboxylic acids is 2. The van der Waals surface area contributed by atoms with Crippen LogP contribution in [0.2, 0.25) is 0 Å². The van der Waals surface area contributed by atoms with Crippen LogP contribution < -0.4 is 10.6 Å². The summed E-state index contributed by atoms with van der Waals surface area (Å²) in [5.41, 5.74) is 0. The SMILES string of the molecule is CCCNC(=O)C(=O)NCC(c1ccco1)S(=O)(=O)c1ccc(F)cc1. The molecule has 0 radical (unpaired) electrons. The largest absolute Gasteiger partial charge is 0.468 e. The fourth-order valence-corrected chi connectivity index (χ4v) is 3.80. The van der Waals surface area contributed by atoms with Crippen LogP contribution in [0.4, 0.5) is 4.39 Å². The number of benzene rings is 1. The third kappa shape index (κ3) is 4.69. The lowest BCUT2D eigenvalue weighted by Crippen LogP contribution is -2.42. The molecule has 9 heteroatoms. The highest BCUT2D eigenvalue weighted by Gasteiger charge is 2.32. The first kappa shape index (κ1) is 19.6. The second-order valence-corrected chi connectivity index (χ2v) is 7.60. The summed E-state index contributed by atoms with van der Waals surface area (Å²) in [6.07, 6.45) is 1.96. The second kappa shape index (κ2) is 8.61. The number of rotatable bonds is 7. The molecule has 2 amide bonds. The summed E-state index contributed by atoms with van der Waals surface area (Å²) in [6.45, 7) is 1.80. The lowest BCUT2D eigenvalue weighted by atomic mass is 10.3. The predicted octanol–water partition coefficient (Wildman–Crippen LogP) is 1.58. The highest BCUT2D eigenvalue weighted by atomic mass is 32.2.